The standard InChI is InChI=1S/C23H23BrN2O4/c24-18-3-1-2-4-20(18)30-21-13-28-23-16(22(21)27)5-6-19-17(23)12-26(14-29-19)11-15-7-9-25-10-8-15/h1-4,7-10,13,16-17,19,23H,5-6,11-12,14H2. The minimum atomic E-state index is -0.196. The summed E-state index contributed by atoms with van der Waals surface area (Å²) in [5, 5.41) is 0. The van der Waals surface area contributed by atoms with E-state index in [0.717, 1.165) is 30.4 Å². The summed E-state index contributed by atoms with van der Waals surface area (Å²) in [7, 11) is 0. The molecular weight excluding hydrogens is 448 g/mol. The van der Waals surface area contributed by atoms with Crippen LogP contribution in [0.15, 0.2) is 65.3 Å². The Morgan fingerprint density at radius 1 is 1.17 bits per heavy atom. The van der Waals surface area contributed by atoms with Crippen molar-refractivity contribution in [3.8, 4) is 5.75 Å². The van der Waals surface area contributed by atoms with E-state index in [1.165, 1.54) is 11.8 Å². The number of fused-ring (bicyclic) bond motifs is 3. The lowest BCUT2D eigenvalue weighted by Gasteiger charge is -2.48. The van der Waals surface area contributed by atoms with Gasteiger partial charge in [0.15, 0.2) is 0 Å². The van der Waals surface area contributed by atoms with E-state index >= 15 is 0 Å². The molecule has 2 aromatic rings. The highest BCUT2D eigenvalue weighted by Gasteiger charge is 2.49. The zero-order valence-electron chi connectivity index (χ0n) is 16.4. The number of allylic oxidation sites excluding steroid dienone is 1. The maximum atomic E-state index is 13.2. The molecule has 1 aromatic heterocycles. The molecule has 5 rings (SSSR count). The number of hydrogen-bond donors (Lipinski definition) is 0. The number of carbonyl (C=O) groups excluding carboxylic acids is 1. The van der Waals surface area contributed by atoms with E-state index < -0.39 is 0 Å². The predicted molar refractivity (Wildman–Crippen MR) is 113 cm³/mol. The third kappa shape index (κ3) is 3.89. The Hall–Kier alpha value is -2.22. The summed E-state index contributed by atoms with van der Waals surface area (Å²) in [5.74, 6) is 0.860. The van der Waals surface area contributed by atoms with Gasteiger partial charge in [0.1, 0.15) is 18.1 Å². The molecule has 1 aliphatic carbocycles. The first-order valence-electron chi connectivity index (χ1n) is 10.2. The molecule has 1 saturated heterocycles. The van der Waals surface area contributed by atoms with E-state index in [1.807, 2.05) is 36.4 Å². The molecule has 0 bridgehead atoms. The van der Waals surface area contributed by atoms with Crippen molar-refractivity contribution in [2.75, 3.05) is 13.3 Å². The number of benzene rings is 1. The molecule has 0 N–H and O–H groups in total. The molecule has 7 heteroatoms. The number of rotatable bonds is 4. The van der Waals surface area contributed by atoms with Gasteiger partial charge < -0.3 is 14.2 Å². The molecule has 0 spiro atoms. The van der Waals surface area contributed by atoms with E-state index in [-0.39, 0.29) is 35.6 Å². The number of nitrogens with zero attached hydrogens (tertiary/aromatic N) is 2. The van der Waals surface area contributed by atoms with Crippen LogP contribution in [0.2, 0.25) is 0 Å². The fourth-order valence-electron chi connectivity index (χ4n) is 4.65. The third-order valence-electron chi connectivity index (χ3n) is 6.12. The highest BCUT2D eigenvalue weighted by molar-refractivity contribution is 9.10. The van der Waals surface area contributed by atoms with Crippen LogP contribution in [0.25, 0.3) is 0 Å². The summed E-state index contributed by atoms with van der Waals surface area (Å²) in [5.41, 5.74) is 1.20. The maximum absolute atomic E-state index is 13.2. The number of Topliss-reactive ketones (excluding diaryl/α,β-unsaturated/α-hetero) is 1. The van der Waals surface area contributed by atoms with Crippen LogP contribution >= 0.6 is 15.9 Å². The van der Waals surface area contributed by atoms with E-state index in [1.54, 1.807) is 12.4 Å². The average molecular weight is 471 g/mol. The summed E-state index contributed by atoms with van der Waals surface area (Å²) in [6, 6.07) is 11.5. The second-order valence-corrected chi connectivity index (χ2v) is 8.88. The summed E-state index contributed by atoms with van der Waals surface area (Å²) in [4.78, 5) is 19.5. The molecule has 0 amide bonds. The molecule has 1 aromatic carbocycles. The number of pyridine rings is 1. The summed E-state index contributed by atoms with van der Waals surface area (Å²) in [6.07, 6.45) is 6.68. The second kappa shape index (κ2) is 8.49. The molecule has 6 nitrogen and oxygen atoms in total. The van der Waals surface area contributed by atoms with Gasteiger partial charge in [-0.1, -0.05) is 12.1 Å². The molecule has 1 saturated carbocycles. The van der Waals surface area contributed by atoms with Crippen molar-refractivity contribution in [2.45, 2.75) is 31.6 Å². The van der Waals surface area contributed by atoms with Crippen molar-refractivity contribution < 1.29 is 19.0 Å². The Balaban J connectivity index is 1.30. The molecule has 4 atom stereocenters. The topological polar surface area (TPSA) is 60.9 Å². The number of hydrogen-bond acceptors (Lipinski definition) is 6. The number of ketones is 1. The summed E-state index contributed by atoms with van der Waals surface area (Å²) >= 11 is 3.46. The van der Waals surface area contributed by atoms with Crippen LogP contribution in [0.5, 0.6) is 5.75 Å². The van der Waals surface area contributed by atoms with E-state index in [2.05, 4.69) is 25.8 Å². The molecular formula is C23H23BrN2O4. The molecule has 3 aliphatic rings. The quantitative estimate of drug-likeness (QED) is 0.674. The molecule has 30 heavy (non-hydrogen) atoms. The van der Waals surface area contributed by atoms with Gasteiger partial charge >= 0.3 is 0 Å². The van der Waals surface area contributed by atoms with Crippen molar-refractivity contribution in [3.05, 3.63) is 70.8 Å². The minimum Gasteiger partial charge on any atom is -0.493 e. The minimum absolute atomic E-state index is 0.0201. The summed E-state index contributed by atoms with van der Waals surface area (Å²) in [6.45, 7) is 2.24. The van der Waals surface area contributed by atoms with Crippen LogP contribution in [0, 0.1) is 11.8 Å². The lowest BCUT2D eigenvalue weighted by molar-refractivity contribution is -0.175. The first-order valence-corrected chi connectivity index (χ1v) is 11.0. The monoisotopic (exact) mass is 470 g/mol. The van der Waals surface area contributed by atoms with Gasteiger partial charge in [-0.15, -0.1) is 0 Å². The van der Waals surface area contributed by atoms with Crippen LogP contribution in [0.4, 0.5) is 0 Å². The Bertz CT molecular complexity index is 951. The highest BCUT2D eigenvalue weighted by atomic mass is 79.9. The fraction of sp³-hybridized carbons (Fsp3) is 0.391. The van der Waals surface area contributed by atoms with Crippen molar-refractivity contribution in [1.29, 1.82) is 0 Å². The largest absolute Gasteiger partial charge is 0.493 e. The Labute approximate surface area is 184 Å². The number of ether oxygens (including phenoxy) is 3. The zero-order chi connectivity index (χ0) is 20.5. The number of carbonyl (C=O) groups is 1. The van der Waals surface area contributed by atoms with Gasteiger partial charge in [-0.05, 0) is 58.6 Å². The van der Waals surface area contributed by atoms with Crippen molar-refractivity contribution in [3.63, 3.8) is 0 Å². The smallest absolute Gasteiger partial charge is 0.208 e. The van der Waals surface area contributed by atoms with E-state index in [4.69, 9.17) is 14.2 Å². The lowest BCUT2D eigenvalue weighted by Crippen LogP contribution is -2.56. The number of aromatic nitrogens is 1. The molecule has 2 aliphatic heterocycles. The van der Waals surface area contributed by atoms with Gasteiger partial charge in [0.2, 0.25) is 11.5 Å². The molecule has 4 unspecified atom stereocenters. The Morgan fingerprint density at radius 3 is 2.83 bits per heavy atom. The van der Waals surface area contributed by atoms with E-state index in [0.29, 0.717) is 12.5 Å². The van der Waals surface area contributed by atoms with Crippen LogP contribution in [-0.2, 0) is 20.8 Å². The lowest BCUT2D eigenvalue weighted by atomic mass is 9.73. The highest BCUT2D eigenvalue weighted by Crippen LogP contribution is 2.41. The van der Waals surface area contributed by atoms with Crippen LogP contribution in [0.1, 0.15) is 18.4 Å². The van der Waals surface area contributed by atoms with Gasteiger partial charge in [0.05, 0.1) is 23.2 Å². The average Bonchev–Trinajstić information content (AvgIpc) is 2.77. The van der Waals surface area contributed by atoms with Crippen LogP contribution < -0.4 is 4.74 Å². The first kappa shape index (κ1) is 19.7. The molecule has 156 valence electrons. The van der Waals surface area contributed by atoms with Gasteiger partial charge in [-0.2, -0.15) is 0 Å². The van der Waals surface area contributed by atoms with Gasteiger partial charge in [0, 0.05) is 31.4 Å². The molecule has 3 heterocycles. The summed E-state index contributed by atoms with van der Waals surface area (Å²) < 4.78 is 18.9. The SMILES string of the molecule is O=C1C(Oc2ccccc2Br)=COC2C1CCC1OCN(Cc3ccncc3)CC12. The predicted octanol–water partition coefficient (Wildman–Crippen LogP) is 3.92. The fourth-order valence-corrected chi connectivity index (χ4v) is 5.01. The number of halogens is 1. The molecule has 0 radical (unpaired) electrons. The third-order valence-corrected chi connectivity index (χ3v) is 6.78. The van der Waals surface area contributed by atoms with Gasteiger partial charge in [-0.25, -0.2) is 0 Å². The van der Waals surface area contributed by atoms with E-state index in [9.17, 15) is 4.79 Å². The normalized spacial score (nSPS) is 28.7. The van der Waals surface area contributed by atoms with Gasteiger partial charge in [0.25, 0.3) is 0 Å². The number of para-hydroxylation sites is 1. The Morgan fingerprint density at radius 2 is 2.00 bits per heavy atom. The van der Waals surface area contributed by atoms with Crippen molar-refractivity contribution >= 4 is 21.7 Å². The second-order valence-electron chi connectivity index (χ2n) is 8.03. The zero-order valence-corrected chi connectivity index (χ0v) is 18.0. The first-order chi connectivity index (χ1) is 14.7. The maximum Gasteiger partial charge on any atom is 0.208 e. The van der Waals surface area contributed by atoms with Crippen LogP contribution in [0.3, 0.4) is 0 Å². The van der Waals surface area contributed by atoms with Crippen LogP contribution in [-0.4, -0.2) is 41.2 Å². The Kier molecular flexibility index (Phi) is 5.58. The van der Waals surface area contributed by atoms with Crippen molar-refractivity contribution in [2.24, 2.45) is 11.8 Å². The molecule has 2 fully saturated rings. The van der Waals surface area contributed by atoms with Gasteiger partial charge in [-0.3, -0.25) is 14.7 Å². The van der Waals surface area contributed by atoms with Crippen molar-refractivity contribution in [1.82, 2.24) is 9.88 Å².